The molecule has 2 amide bonds. The number of amides is 2. The maximum absolute atomic E-state index is 12.4. The van der Waals surface area contributed by atoms with Crippen molar-refractivity contribution in [2.45, 2.75) is 31.8 Å². The molecule has 112 valence electrons. The van der Waals surface area contributed by atoms with Gasteiger partial charge in [-0.1, -0.05) is 18.7 Å². The number of anilines is 1. The maximum Gasteiger partial charge on any atom is 0.247 e. The van der Waals surface area contributed by atoms with Crippen molar-refractivity contribution in [2.75, 3.05) is 11.9 Å². The van der Waals surface area contributed by atoms with Gasteiger partial charge in [0.25, 0.3) is 0 Å². The number of nitrogens with zero attached hydrogens (tertiary/aromatic N) is 1. The van der Waals surface area contributed by atoms with Gasteiger partial charge in [0.05, 0.1) is 0 Å². The van der Waals surface area contributed by atoms with Gasteiger partial charge in [0.1, 0.15) is 6.04 Å². The van der Waals surface area contributed by atoms with Crippen LogP contribution in [0.2, 0.25) is 0 Å². The number of benzene rings is 1. The molecule has 3 N–H and O–H groups in total. The summed E-state index contributed by atoms with van der Waals surface area (Å²) in [4.78, 5) is 25.9. The standard InChI is InChI=1S/C16H21N3O2/c1-2-15(20)19-9-4-3-8-14(19)16(21)18-13-7-5-6-12(10-13)11-17/h2,5-7,10,14H,1,3-4,8-9,11,17H2,(H,18,21). The quantitative estimate of drug-likeness (QED) is 0.827. The molecule has 5 nitrogen and oxygen atoms in total. The topological polar surface area (TPSA) is 75.4 Å². The molecular weight excluding hydrogens is 266 g/mol. The van der Waals surface area contributed by atoms with E-state index in [-0.39, 0.29) is 11.8 Å². The number of hydrogen-bond donors (Lipinski definition) is 2. The highest BCUT2D eigenvalue weighted by Crippen LogP contribution is 2.19. The second-order valence-corrected chi connectivity index (χ2v) is 5.14. The van der Waals surface area contributed by atoms with Gasteiger partial charge in [-0.25, -0.2) is 0 Å². The van der Waals surface area contributed by atoms with Crippen LogP contribution in [0.15, 0.2) is 36.9 Å². The van der Waals surface area contributed by atoms with Gasteiger partial charge in [0, 0.05) is 18.8 Å². The highest BCUT2D eigenvalue weighted by Gasteiger charge is 2.30. The van der Waals surface area contributed by atoms with E-state index in [9.17, 15) is 9.59 Å². The van der Waals surface area contributed by atoms with Crippen molar-refractivity contribution >= 4 is 17.5 Å². The highest BCUT2D eigenvalue weighted by atomic mass is 16.2. The van der Waals surface area contributed by atoms with Crippen LogP contribution in [0.1, 0.15) is 24.8 Å². The van der Waals surface area contributed by atoms with Gasteiger partial charge in [-0.15, -0.1) is 0 Å². The molecule has 5 heteroatoms. The molecule has 0 spiro atoms. The normalized spacial score (nSPS) is 18.1. The molecule has 0 bridgehead atoms. The molecule has 1 aromatic carbocycles. The summed E-state index contributed by atoms with van der Waals surface area (Å²) in [6, 6.07) is 7.00. The van der Waals surface area contributed by atoms with Crippen LogP contribution < -0.4 is 11.1 Å². The number of nitrogens with one attached hydrogen (secondary N) is 1. The molecule has 21 heavy (non-hydrogen) atoms. The third-order valence-corrected chi connectivity index (χ3v) is 3.69. The van der Waals surface area contributed by atoms with Crippen LogP contribution in [0.3, 0.4) is 0 Å². The van der Waals surface area contributed by atoms with E-state index in [1.165, 1.54) is 6.08 Å². The third-order valence-electron chi connectivity index (χ3n) is 3.69. The number of rotatable bonds is 4. The molecule has 1 aromatic rings. The Balaban J connectivity index is 2.09. The first-order chi connectivity index (χ1) is 10.2. The van der Waals surface area contributed by atoms with Crippen LogP contribution in [0.25, 0.3) is 0 Å². The summed E-state index contributed by atoms with van der Waals surface area (Å²) in [7, 11) is 0. The first kappa shape index (κ1) is 15.3. The summed E-state index contributed by atoms with van der Waals surface area (Å²) in [5.41, 5.74) is 7.26. The molecule has 1 aliphatic heterocycles. The second-order valence-electron chi connectivity index (χ2n) is 5.14. The summed E-state index contributed by atoms with van der Waals surface area (Å²) in [6.07, 6.45) is 3.82. The monoisotopic (exact) mass is 287 g/mol. The summed E-state index contributed by atoms with van der Waals surface area (Å²) in [5.74, 6) is -0.343. The van der Waals surface area contributed by atoms with Gasteiger partial charge in [-0.2, -0.15) is 0 Å². The summed E-state index contributed by atoms with van der Waals surface area (Å²) in [5, 5.41) is 2.87. The van der Waals surface area contributed by atoms with E-state index < -0.39 is 6.04 Å². The van der Waals surface area contributed by atoms with Crippen LogP contribution in [0, 0.1) is 0 Å². The number of likely N-dealkylation sites (tertiary alicyclic amines) is 1. The minimum absolute atomic E-state index is 0.154. The molecule has 1 heterocycles. The van der Waals surface area contributed by atoms with Gasteiger partial charge in [0.2, 0.25) is 11.8 Å². The van der Waals surface area contributed by atoms with E-state index in [0.29, 0.717) is 25.2 Å². The second kappa shape index (κ2) is 7.04. The lowest BCUT2D eigenvalue weighted by Crippen LogP contribution is -2.49. The third kappa shape index (κ3) is 3.70. The Morgan fingerprint density at radius 3 is 2.95 bits per heavy atom. The first-order valence-electron chi connectivity index (χ1n) is 7.18. The molecule has 1 unspecified atom stereocenters. The predicted molar refractivity (Wildman–Crippen MR) is 82.5 cm³/mol. The maximum atomic E-state index is 12.4. The first-order valence-corrected chi connectivity index (χ1v) is 7.18. The lowest BCUT2D eigenvalue weighted by Gasteiger charge is -2.34. The average Bonchev–Trinajstić information content (AvgIpc) is 2.54. The van der Waals surface area contributed by atoms with Crippen molar-refractivity contribution in [3.63, 3.8) is 0 Å². The zero-order valence-corrected chi connectivity index (χ0v) is 12.0. The SMILES string of the molecule is C=CC(=O)N1CCCCC1C(=O)Nc1cccc(CN)c1. The van der Waals surface area contributed by atoms with E-state index in [0.717, 1.165) is 18.4 Å². The Kier molecular flexibility index (Phi) is 5.11. The summed E-state index contributed by atoms with van der Waals surface area (Å²) >= 11 is 0. The van der Waals surface area contributed by atoms with Crippen molar-refractivity contribution in [1.82, 2.24) is 4.90 Å². The molecule has 2 rings (SSSR count). The van der Waals surface area contributed by atoms with Crippen molar-refractivity contribution in [3.05, 3.63) is 42.5 Å². The fourth-order valence-corrected chi connectivity index (χ4v) is 2.59. The Hall–Kier alpha value is -2.14. The minimum atomic E-state index is -0.425. The zero-order valence-electron chi connectivity index (χ0n) is 12.0. The molecule has 1 saturated heterocycles. The fourth-order valence-electron chi connectivity index (χ4n) is 2.59. The predicted octanol–water partition coefficient (Wildman–Crippen LogP) is 1.65. The number of hydrogen-bond acceptors (Lipinski definition) is 3. The smallest absolute Gasteiger partial charge is 0.247 e. The van der Waals surface area contributed by atoms with Crippen LogP contribution >= 0.6 is 0 Å². The molecule has 0 saturated carbocycles. The number of carbonyl (C=O) groups excluding carboxylic acids is 2. The lowest BCUT2D eigenvalue weighted by atomic mass is 10.0. The van der Waals surface area contributed by atoms with Crippen LogP contribution in [-0.2, 0) is 16.1 Å². The van der Waals surface area contributed by atoms with E-state index in [1.54, 1.807) is 4.90 Å². The van der Waals surface area contributed by atoms with E-state index in [4.69, 9.17) is 5.73 Å². The molecule has 0 aliphatic carbocycles. The van der Waals surface area contributed by atoms with Gasteiger partial charge in [0.15, 0.2) is 0 Å². The summed E-state index contributed by atoms with van der Waals surface area (Å²) in [6.45, 7) is 4.53. The molecule has 1 fully saturated rings. The molecular formula is C16H21N3O2. The van der Waals surface area contributed by atoms with Crippen LogP contribution in [0.5, 0.6) is 0 Å². The summed E-state index contributed by atoms with van der Waals surface area (Å²) < 4.78 is 0. The number of carbonyl (C=O) groups is 2. The lowest BCUT2D eigenvalue weighted by molar-refractivity contribution is -0.136. The molecule has 0 radical (unpaired) electrons. The van der Waals surface area contributed by atoms with E-state index in [2.05, 4.69) is 11.9 Å². The fraction of sp³-hybridized carbons (Fsp3) is 0.375. The highest BCUT2D eigenvalue weighted by molar-refractivity contribution is 5.99. The molecule has 1 aliphatic rings. The minimum Gasteiger partial charge on any atom is -0.327 e. The Morgan fingerprint density at radius 2 is 2.24 bits per heavy atom. The Bertz CT molecular complexity index is 542. The Labute approximate surface area is 124 Å². The average molecular weight is 287 g/mol. The molecule has 1 atom stereocenters. The van der Waals surface area contributed by atoms with Gasteiger partial charge < -0.3 is 16.0 Å². The Morgan fingerprint density at radius 1 is 1.43 bits per heavy atom. The van der Waals surface area contributed by atoms with Crippen LogP contribution in [-0.4, -0.2) is 29.3 Å². The van der Waals surface area contributed by atoms with Crippen molar-refractivity contribution in [1.29, 1.82) is 0 Å². The van der Waals surface area contributed by atoms with E-state index >= 15 is 0 Å². The van der Waals surface area contributed by atoms with Crippen molar-refractivity contribution in [3.8, 4) is 0 Å². The van der Waals surface area contributed by atoms with Crippen molar-refractivity contribution in [2.24, 2.45) is 5.73 Å². The van der Waals surface area contributed by atoms with Crippen molar-refractivity contribution < 1.29 is 9.59 Å². The zero-order chi connectivity index (χ0) is 15.2. The molecule has 0 aromatic heterocycles. The van der Waals surface area contributed by atoms with E-state index in [1.807, 2.05) is 24.3 Å². The van der Waals surface area contributed by atoms with Gasteiger partial charge in [-0.3, -0.25) is 9.59 Å². The van der Waals surface area contributed by atoms with Gasteiger partial charge >= 0.3 is 0 Å². The van der Waals surface area contributed by atoms with Crippen LogP contribution in [0.4, 0.5) is 5.69 Å². The number of nitrogens with two attached hydrogens (primary N) is 1. The van der Waals surface area contributed by atoms with Gasteiger partial charge in [-0.05, 0) is 43.0 Å². The largest absolute Gasteiger partial charge is 0.327 e. The number of piperidine rings is 1.